The molecule has 1 fully saturated rings. The zero-order chi connectivity index (χ0) is 14.9. The molecular formula is C14H23O5P. The van der Waals surface area contributed by atoms with Crippen LogP contribution < -0.4 is 0 Å². The summed E-state index contributed by atoms with van der Waals surface area (Å²) in [4.78, 5) is 11.7. The van der Waals surface area contributed by atoms with Crippen LogP contribution in [-0.2, 0) is 18.8 Å². The highest BCUT2D eigenvalue weighted by molar-refractivity contribution is 7.63. The van der Waals surface area contributed by atoms with Crippen LogP contribution in [0.25, 0.3) is 0 Å². The van der Waals surface area contributed by atoms with Crippen molar-refractivity contribution in [1.82, 2.24) is 0 Å². The summed E-state index contributed by atoms with van der Waals surface area (Å²) in [6, 6.07) is 0. The van der Waals surface area contributed by atoms with Crippen LogP contribution in [0.1, 0.15) is 6.42 Å². The lowest BCUT2D eigenvalue weighted by Gasteiger charge is -2.28. The van der Waals surface area contributed by atoms with Crippen molar-refractivity contribution >= 4 is 13.1 Å². The van der Waals surface area contributed by atoms with Gasteiger partial charge in [0.25, 0.3) is 0 Å². The molecule has 6 heteroatoms. The standard InChI is InChI=1S/C14H23O5P/c1-18-13(16)14(20(2,3)17)19-8-12-10-5-4-9(6-10)11(12)7-15/h4-5,9-12,14-15H,6-8H2,1-3H3/t9?,10?,11-,12+,14?/m0/s1. The maximum Gasteiger partial charge on any atom is 0.342 e. The Labute approximate surface area is 119 Å². The van der Waals surface area contributed by atoms with E-state index in [1.807, 2.05) is 0 Å². The molecule has 5 atom stereocenters. The van der Waals surface area contributed by atoms with E-state index in [1.54, 1.807) is 0 Å². The van der Waals surface area contributed by atoms with Gasteiger partial charge in [-0.05, 0) is 43.4 Å². The van der Waals surface area contributed by atoms with Gasteiger partial charge in [-0.25, -0.2) is 4.79 Å². The van der Waals surface area contributed by atoms with Crippen LogP contribution >= 0.6 is 7.14 Å². The Morgan fingerprint density at radius 1 is 1.35 bits per heavy atom. The summed E-state index contributed by atoms with van der Waals surface area (Å²) in [6.07, 6.45) is 5.36. The van der Waals surface area contributed by atoms with Gasteiger partial charge in [0, 0.05) is 6.61 Å². The SMILES string of the molecule is COC(=O)C(OC[C@@H]1C2C=CC(C2)[C@@H]1CO)P(C)(C)=O. The number of methoxy groups -OCH3 is 1. The molecule has 0 heterocycles. The molecule has 2 aliphatic rings. The number of carbonyl (C=O) groups excluding carboxylic acids is 1. The van der Waals surface area contributed by atoms with E-state index in [0.717, 1.165) is 6.42 Å². The summed E-state index contributed by atoms with van der Waals surface area (Å²) < 4.78 is 22.5. The fraction of sp³-hybridized carbons (Fsp3) is 0.786. The van der Waals surface area contributed by atoms with Gasteiger partial charge in [0.1, 0.15) is 7.14 Å². The van der Waals surface area contributed by atoms with Crippen molar-refractivity contribution < 1.29 is 23.9 Å². The molecule has 114 valence electrons. The molecule has 0 aliphatic heterocycles. The number of esters is 1. The minimum Gasteiger partial charge on any atom is -0.467 e. The lowest BCUT2D eigenvalue weighted by molar-refractivity contribution is -0.149. The lowest BCUT2D eigenvalue weighted by atomic mass is 9.84. The van der Waals surface area contributed by atoms with E-state index in [0.29, 0.717) is 18.4 Å². The van der Waals surface area contributed by atoms with E-state index in [4.69, 9.17) is 4.74 Å². The van der Waals surface area contributed by atoms with Crippen molar-refractivity contribution in [2.75, 3.05) is 33.7 Å². The van der Waals surface area contributed by atoms with Gasteiger partial charge in [-0.15, -0.1) is 0 Å². The Balaban J connectivity index is 2.01. The normalized spacial score (nSPS) is 33.4. The van der Waals surface area contributed by atoms with Gasteiger partial charge in [-0.1, -0.05) is 12.2 Å². The third-order valence-electron chi connectivity index (χ3n) is 4.42. The third-order valence-corrected chi connectivity index (χ3v) is 5.91. The number of aliphatic hydroxyl groups is 1. The highest BCUT2D eigenvalue weighted by Gasteiger charge is 2.45. The first-order valence-electron chi connectivity index (χ1n) is 6.91. The van der Waals surface area contributed by atoms with E-state index in [-0.39, 0.29) is 18.4 Å². The van der Waals surface area contributed by atoms with Gasteiger partial charge < -0.3 is 19.1 Å². The molecule has 2 rings (SSSR count). The molecule has 2 bridgehead atoms. The maximum absolute atomic E-state index is 12.1. The fourth-order valence-corrected chi connectivity index (χ4v) is 4.41. The minimum absolute atomic E-state index is 0.123. The van der Waals surface area contributed by atoms with Crippen molar-refractivity contribution in [1.29, 1.82) is 0 Å². The number of rotatable bonds is 6. The van der Waals surface area contributed by atoms with Gasteiger partial charge in [-0.3, -0.25) is 0 Å². The fourth-order valence-electron chi connectivity index (χ4n) is 3.35. The second kappa shape index (κ2) is 6.00. The summed E-state index contributed by atoms with van der Waals surface area (Å²) >= 11 is 0. The number of fused-ring (bicyclic) bond motifs is 2. The van der Waals surface area contributed by atoms with Crippen LogP contribution in [0.3, 0.4) is 0 Å². The first-order valence-corrected chi connectivity index (χ1v) is 9.58. The zero-order valence-corrected chi connectivity index (χ0v) is 13.1. The highest BCUT2D eigenvalue weighted by atomic mass is 31.2. The molecule has 0 aromatic rings. The van der Waals surface area contributed by atoms with E-state index in [1.165, 1.54) is 20.4 Å². The molecule has 0 spiro atoms. The largest absolute Gasteiger partial charge is 0.467 e. The predicted octanol–water partition coefficient (Wildman–Crippen LogP) is 1.56. The van der Waals surface area contributed by atoms with Crippen molar-refractivity contribution in [3.8, 4) is 0 Å². The average molecular weight is 302 g/mol. The maximum atomic E-state index is 12.1. The number of hydrogen-bond donors (Lipinski definition) is 1. The molecule has 0 amide bonds. The quantitative estimate of drug-likeness (QED) is 0.458. The van der Waals surface area contributed by atoms with Crippen molar-refractivity contribution in [2.24, 2.45) is 23.7 Å². The van der Waals surface area contributed by atoms with Crippen LogP contribution in [0.15, 0.2) is 12.2 Å². The van der Waals surface area contributed by atoms with Crippen LogP contribution in [0, 0.1) is 23.7 Å². The van der Waals surface area contributed by atoms with Gasteiger partial charge in [0.15, 0.2) is 0 Å². The summed E-state index contributed by atoms with van der Waals surface area (Å²) in [7, 11) is -1.46. The summed E-state index contributed by atoms with van der Waals surface area (Å²) in [5.74, 6) is -0.425. The van der Waals surface area contributed by atoms with Crippen molar-refractivity contribution in [3.05, 3.63) is 12.2 Å². The Bertz CT molecular complexity index is 441. The molecule has 0 radical (unpaired) electrons. The number of allylic oxidation sites excluding steroid dienone is 2. The first kappa shape index (κ1) is 15.7. The smallest absolute Gasteiger partial charge is 0.342 e. The van der Waals surface area contributed by atoms with Crippen LogP contribution in [-0.4, -0.2) is 50.6 Å². The summed E-state index contributed by atoms with van der Waals surface area (Å²) in [5.41, 5.74) is 0. The number of ether oxygens (including phenoxy) is 2. The van der Waals surface area contributed by atoms with E-state index in [2.05, 4.69) is 16.9 Å². The number of aliphatic hydroxyl groups excluding tert-OH is 1. The Kier molecular flexibility index (Phi) is 4.73. The summed E-state index contributed by atoms with van der Waals surface area (Å²) in [6.45, 7) is 3.51. The Morgan fingerprint density at radius 3 is 2.45 bits per heavy atom. The predicted molar refractivity (Wildman–Crippen MR) is 76.0 cm³/mol. The van der Waals surface area contributed by atoms with Crippen LogP contribution in [0.2, 0.25) is 0 Å². The molecular weight excluding hydrogens is 279 g/mol. The van der Waals surface area contributed by atoms with Crippen LogP contribution in [0.5, 0.6) is 0 Å². The van der Waals surface area contributed by atoms with Crippen molar-refractivity contribution in [2.45, 2.75) is 12.3 Å². The number of hydrogen-bond acceptors (Lipinski definition) is 5. The van der Waals surface area contributed by atoms with E-state index < -0.39 is 19.0 Å². The Hall–Kier alpha value is -0.640. The molecule has 0 aromatic heterocycles. The number of carbonyl (C=O) groups is 1. The third kappa shape index (κ3) is 3.00. The monoisotopic (exact) mass is 302 g/mol. The summed E-state index contributed by atoms with van der Waals surface area (Å²) in [5, 5.41) is 9.50. The first-order chi connectivity index (χ1) is 9.38. The zero-order valence-electron chi connectivity index (χ0n) is 12.2. The molecule has 3 unspecified atom stereocenters. The molecule has 20 heavy (non-hydrogen) atoms. The van der Waals surface area contributed by atoms with Crippen molar-refractivity contribution in [3.63, 3.8) is 0 Å². The highest BCUT2D eigenvalue weighted by Crippen LogP contribution is 2.49. The second-order valence-electron chi connectivity index (χ2n) is 6.10. The van der Waals surface area contributed by atoms with Crippen LogP contribution in [0.4, 0.5) is 0 Å². The minimum atomic E-state index is -2.73. The van der Waals surface area contributed by atoms with E-state index in [9.17, 15) is 14.5 Å². The van der Waals surface area contributed by atoms with Gasteiger partial charge >= 0.3 is 5.97 Å². The van der Waals surface area contributed by atoms with Gasteiger partial charge in [0.2, 0.25) is 5.85 Å². The van der Waals surface area contributed by atoms with Gasteiger partial charge in [-0.2, -0.15) is 0 Å². The molecule has 0 aromatic carbocycles. The molecule has 1 N–H and O–H groups in total. The lowest BCUT2D eigenvalue weighted by Crippen LogP contribution is -2.32. The molecule has 2 aliphatic carbocycles. The second-order valence-corrected chi connectivity index (χ2v) is 9.44. The molecule has 5 nitrogen and oxygen atoms in total. The molecule has 1 saturated carbocycles. The molecule has 0 saturated heterocycles. The Morgan fingerprint density at radius 2 is 1.95 bits per heavy atom. The average Bonchev–Trinajstić information content (AvgIpc) is 2.97. The van der Waals surface area contributed by atoms with Gasteiger partial charge in [0.05, 0.1) is 13.7 Å². The topological polar surface area (TPSA) is 72.8 Å². The van der Waals surface area contributed by atoms with E-state index >= 15 is 0 Å².